The number of nitrogens with zero attached hydrogens (tertiary/aromatic N) is 3. The van der Waals surface area contributed by atoms with Gasteiger partial charge in [0.1, 0.15) is 18.2 Å². The number of carbonyl (C=O) groups is 1. The highest BCUT2D eigenvalue weighted by molar-refractivity contribution is 8.18. The predicted molar refractivity (Wildman–Crippen MR) is 142 cm³/mol. The second-order valence-electron chi connectivity index (χ2n) is 8.40. The van der Waals surface area contributed by atoms with Gasteiger partial charge in [0.05, 0.1) is 23.8 Å². The molecule has 0 N–H and O–H groups in total. The van der Waals surface area contributed by atoms with Gasteiger partial charge >= 0.3 is 0 Å². The summed E-state index contributed by atoms with van der Waals surface area (Å²) in [6, 6.07) is 22.0. The number of aliphatic imine (C=N–C) groups is 1. The minimum atomic E-state index is -0.310. The molecular formula is C28H26FN3O3S. The smallest absolute Gasteiger partial charge is 0.266 e. The number of benzene rings is 3. The molecule has 0 unspecified atom stereocenters. The van der Waals surface area contributed by atoms with Crippen LogP contribution < -0.4 is 9.64 Å². The van der Waals surface area contributed by atoms with Gasteiger partial charge in [0.2, 0.25) is 0 Å². The lowest BCUT2D eigenvalue weighted by Gasteiger charge is -2.28. The van der Waals surface area contributed by atoms with Crippen molar-refractivity contribution in [1.29, 1.82) is 0 Å². The lowest BCUT2D eigenvalue weighted by Crippen LogP contribution is -2.36. The standard InChI is InChI=1S/C28H26FN3O3S/c1-31-27(33)26(18-20-6-3-5-9-25(20)35-19-21-7-2-4-8-24(21)29)36-28(31)30-22-10-12-23(13-11-22)32-14-16-34-17-15-32/h2-13,18H,14-17,19H2,1H3/b26-18-,30-28?. The van der Waals surface area contributed by atoms with Gasteiger partial charge in [-0.1, -0.05) is 36.4 Å². The Morgan fingerprint density at radius 3 is 2.53 bits per heavy atom. The van der Waals surface area contributed by atoms with Gasteiger partial charge in [0.15, 0.2) is 5.17 Å². The van der Waals surface area contributed by atoms with Crippen LogP contribution in [0.3, 0.4) is 0 Å². The Kier molecular flexibility index (Phi) is 7.34. The quantitative estimate of drug-likeness (QED) is 0.417. The highest BCUT2D eigenvalue weighted by Crippen LogP contribution is 2.35. The summed E-state index contributed by atoms with van der Waals surface area (Å²) in [4.78, 5) is 22.0. The van der Waals surface area contributed by atoms with E-state index in [4.69, 9.17) is 14.5 Å². The normalized spacial score (nSPS) is 18.3. The van der Waals surface area contributed by atoms with Crippen LogP contribution in [0.5, 0.6) is 5.75 Å². The van der Waals surface area contributed by atoms with Crippen molar-refractivity contribution in [3.05, 3.63) is 94.6 Å². The molecule has 0 saturated carbocycles. The van der Waals surface area contributed by atoms with E-state index in [0.29, 0.717) is 21.4 Å². The van der Waals surface area contributed by atoms with Gasteiger partial charge < -0.3 is 14.4 Å². The van der Waals surface area contributed by atoms with E-state index in [-0.39, 0.29) is 18.3 Å². The SMILES string of the molecule is CN1C(=O)/C(=C/c2ccccc2OCc2ccccc2F)SC1=Nc1ccc(N2CCOCC2)cc1. The average Bonchev–Trinajstić information content (AvgIpc) is 3.17. The molecule has 3 aromatic rings. The van der Waals surface area contributed by atoms with Crippen molar-refractivity contribution in [1.82, 2.24) is 4.90 Å². The van der Waals surface area contributed by atoms with E-state index in [2.05, 4.69) is 4.90 Å². The van der Waals surface area contributed by atoms with Crippen LogP contribution in [-0.2, 0) is 16.1 Å². The first-order valence-corrected chi connectivity index (χ1v) is 12.5. The fourth-order valence-electron chi connectivity index (χ4n) is 3.97. The lowest BCUT2D eigenvalue weighted by molar-refractivity contribution is -0.121. The van der Waals surface area contributed by atoms with Gasteiger partial charge in [-0.25, -0.2) is 9.38 Å². The topological polar surface area (TPSA) is 54.4 Å². The van der Waals surface area contributed by atoms with Crippen LogP contribution in [0.15, 0.2) is 82.7 Å². The molecule has 1 amide bonds. The van der Waals surface area contributed by atoms with Gasteiger partial charge in [0, 0.05) is 37.0 Å². The number of hydrogen-bond donors (Lipinski definition) is 0. The molecular weight excluding hydrogens is 477 g/mol. The molecule has 2 heterocycles. The molecule has 0 atom stereocenters. The number of rotatable bonds is 6. The van der Waals surface area contributed by atoms with Crippen LogP contribution in [0.4, 0.5) is 15.8 Å². The third kappa shape index (κ3) is 5.45. The second kappa shape index (κ2) is 11.0. The van der Waals surface area contributed by atoms with Crippen molar-refractivity contribution < 1.29 is 18.7 Å². The number of ether oxygens (including phenoxy) is 2. The van der Waals surface area contributed by atoms with Crippen LogP contribution >= 0.6 is 11.8 Å². The van der Waals surface area contributed by atoms with Crippen LogP contribution in [0.1, 0.15) is 11.1 Å². The van der Waals surface area contributed by atoms with E-state index >= 15 is 0 Å². The fourth-order valence-corrected chi connectivity index (χ4v) is 4.94. The van der Waals surface area contributed by atoms with Crippen LogP contribution in [-0.4, -0.2) is 49.3 Å². The highest BCUT2D eigenvalue weighted by atomic mass is 32.2. The van der Waals surface area contributed by atoms with Gasteiger partial charge in [0.25, 0.3) is 5.91 Å². The molecule has 36 heavy (non-hydrogen) atoms. The molecule has 0 radical (unpaired) electrons. The molecule has 0 aromatic heterocycles. The zero-order valence-corrected chi connectivity index (χ0v) is 20.7. The zero-order chi connectivity index (χ0) is 24.9. The number of amides is 1. The molecule has 2 aliphatic rings. The maximum absolute atomic E-state index is 14.0. The lowest BCUT2D eigenvalue weighted by atomic mass is 10.1. The third-order valence-electron chi connectivity index (χ3n) is 6.00. The monoisotopic (exact) mass is 503 g/mol. The number of halogens is 1. The Bertz CT molecular complexity index is 1300. The Labute approximate surface area is 214 Å². The summed E-state index contributed by atoms with van der Waals surface area (Å²) in [5.74, 6) is 0.135. The van der Waals surface area contributed by atoms with E-state index in [1.54, 1.807) is 36.2 Å². The van der Waals surface area contributed by atoms with Crippen molar-refractivity contribution in [2.75, 3.05) is 38.3 Å². The zero-order valence-electron chi connectivity index (χ0n) is 19.9. The molecule has 2 aliphatic heterocycles. The summed E-state index contributed by atoms with van der Waals surface area (Å²) < 4.78 is 25.3. The fraction of sp³-hybridized carbons (Fsp3) is 0.214. The van der Waals surface area contributed by atoms with E-state index in [1.165, 1.54) is 17.8 Å². The van der Waals surface area contributed by atoms with Gasteiger partial charge in [-0.3, -0.25) is 9.69 Å². The second-order valence-corrected chi connectivity index (χ2v) is 9.41. The van der Waals surface area contributed by atoms with E-state index in [1.807, 2.05) is 48.5 Å². The first kappa shape index (κ1) is 24.1. The summed E-state index contributed by atoms with van der Waals surface area (Å²) >= 11 is 1.32. The maximum Gasteiger partial charge on any atom is 0.266 e. The Hall–Kier alpha value is -3.62. The number of anilines is 1. The first-order valence-electron chi connectivity index (χ1n) is 11.7. The Morgan fingerprint density at radius 1 is 1.03 bits per heavy atom. The summed E-state index contributed by atoms with van der Waals surface area (Å²) in [7, 11) is 1.72. The van der Waals surface area contributed by atoms with Gasteiger partial charge in [-0.15, -0.1) is 0 Å². The van der Waals surface area contributed by atoms with E-state index in [0.717, 1.165) is 43.2 Å². The number of hydrogen-bond acceptors (Lipinski definition) is 6. The number of para-hydroxylation sites is 1. The summed E-state index contributed by atoms with van der Waals surface area (Å²) in [6.07, 6.45) is 1.80. The number of amidine groups is 1. The number of thioether (sulfide) groups is 1. The van der Waals surface area contributed by atoms with Crippen molar-refractivity contribution >= 4 is 40.3 Å². The molecule has 8 heteroatoms. The number of carbonyl (C=O) groups excluding carboxylic acids is 1. The van der Waals surface area contributed by atoms with Crippen molar-refractivity contribution in [2.24, 2.45) is 4.99 Å². The molecule has 6 nitrogen and oxygen atoms in total. The predicted octanol–water partition coefficient (Wildman–Crippen LogP) is 5.48. The minimum Gasteiger partial charge on any atom is -0.488 e. The van der Waals surface area contributed by atoms with Gasteiger partial charge in [-0.2, -0.15) is 0 Å². The van der Waals surface area contributed by atoms with Crippen molar-refractivity contribution in [3.8, 4) is 5.75 Å². The van der Waals surface area contributed by atoms with Crippen molar-refractivity contribution in [3.63, 3.8) is 0 Å². The van der Waals surface area contributed by atoms with Crippen molar-refractivity contribution in [2.45, 2.75) is 6.61 Å². The molecule has 5 rings (SSSR count). The minimum absolute atomic E-state index is 0.0982. The van der Waals surface area contributed by atoms with E-state index < -0.39 is 0 Å². The number of likely N-dealkylation sites (N-methyl/N-ethyl adjacent to an activating group) is 1. The summed E-state index contributed by atoms with van der Waals surface area (Å²) in [6.45, 7) is 3.32. The summed E-state index contributed by atoms with van der Waals surface area (Å²) in [5, 5.41) is 0.607. The largest absolute Gasteiger partial charge is 0.488 e. The molecule has 3 aromatic carbocycles. The Balaban J connectivity index is 1.32. The molecule has 2 saturated heterocycles. The Morgan fingerprint density at radius 2 is 1.75 bits per heavy atom. The maximum atomic E-state index is 14.0. The molecule has 0 aliphatic carbocycles. The molecule has 0 spiro atoms. The van der Waals surface area contributed by atoms with Crippen LogP contribution in [0.2, 0.25) is 0 Å². The third-order valence-corrected chi connectivity index (χ3v) is 7.06. The van der Waals surface area contributed by atoms with Crippen LogP contribution in [0.25, 0.3) is 6.08 Å². The highest BCUT2D eigenvalue weighted by Gasteiger charge is 2.30. The van der Waals surface area contributed by atoms with Gasteiger partial charge in [-0.05, 0) is 54.2 Å². The molecule has 184 valence electrons. The van der Waals surface area contributed by atoms with E-state index in [9.17, 15) is 9.18 Å². The summed E-state index contributed by atoms with van der Waals surface area (Å²) in [5.41, 5.74) is 3.14. The molecule has 2 fully saturated rings. The average molecular weight is 504 g/mol. The molecule has 0 bridgehead atoms. The first-order chi connectivity index (χ1) is 17.6. The van der Waals surface area contributed by atoms with Crippen LogP contribution in [0, 0.1) is 5.82 Å². The number of morpholine rings is 1.